The molecule has 0 saturated carbocycles. The van der Waals surface area contributed by atoms with E-state index in [1.54, 1.807) is 0 Å². The zero-order valence-electron chi connectivity index (χ0n) is 10.2. The summed E-state index contributed by atoms with van der Waals surface area (Å²) in [6.45, 7) is 0.596. The molecule has 100 valence electrons. The van der Waals surface area contributed by atoms with Gasteiger partial charge in [0.15, 0.2) is 5.69 Å². The standard InChI is InChI=1S/C12H10F2N2O3/c1-12(13,14)9-10(17)16-8-5-6(11(18)19-2)3-4-7(8)15-9/h3-5H,1-2H3,(H,16,17). The van der Waals surface area contributed by atoms with Crippen molar-refractivity contribution in [1.29, 1.82) is 0 Å². The van der Waals surface area contributed by atoms with Gasteiger partial charge in [-0.2, -0.15) is 8.78 Å². The molecule has 0 unspecified atom stereocenters. The molecule has 0 aliphatic rings. The van der Waals surface area contributed by atoms with Crippen molar-refractivity contribution in [1.82, 2.24) is 9.97 Å². The second-order valence-corrected chi connectivity index (χ2v) is 4.03. The molecule has 5 nitrogen and oxygen atoms in total. The van der Waals surface area contributed by atoms with Crippen LogP contribution in [0.2, 0.25) is 0 Å². The van der Waals surface area contributed by atoms with Crippen LogP contribution in [-0.2, 0) is 10.7 Å². The number of nitrogens with one attached hydrogen (secondary N) is 1. The van der Waals surface area contributed by atoms with Crippen LogP contribution in [0.1, 0.15) is 23.0 Å². The van der Waals surface area contributed by atoms with Crippen LogP contribution < -0.4 is 5.56 Å². The van der Waals surface area contributed by atoms with Gasteiger partial charge in [-0.1, -0.05) is 0 Å². The largest absolute Gasteiger partial charge is 0.465 e. The SMILES string of the molecule is COC(=O)c1ccc2nc(C(C)(F)F)c(=O)[nH]c2c1. The van der Waals surface area contributed by atoms with Gasteiger partial charge in [-0.3, -0.25) is 4.79 Å². The number of hydrogen-bond donors (Lipinski definition) is 1. The predicted octanol–water partition coefficient (Wildman–Crippen LogP) is 1.82. The number of methoxy groups -OCH3 is 1. The van der Waals surface area contributed by atoms with E-state index >= 15 is 0 Å². The number of aromatic nitrogens is 2. The number of aromatic amines is 1. The van der Waals surface area contributed by atoms with E-state index in [2.05, 4.69) is 14.7 Å². The number of halogens is 2. The molecule has 1 heterocycles. The number of hydrogen-bond acceptors (Lipinski definition) is 4. The van der Waals surface area contributed by atoms with Gasteiger partial charge in [0.05, 0.1) is 23.7 Å². The van der Waals surface area contributed by atoms with Crippen molar-refractivity contribution in [2.75, 3.05) is 7.11 Å². The third kappa shape index (κ3) is 2.44. The Morgan fingerprint density at radius 1 is 1.42 bits per heavy atom. The molecule has 0 fully saturated rings. The summed E-state index contributed by atoms with van der Waals surface area (Å²) in [5, 5.41) is 0. The number of carbonyl (C=O) groups is 1. The van der Waals surface area contributed by atoms with Gasteiger partial charge >= 0.3 is 5.97 Å². The van der Waals surface area contributed by atoms with Crippen LogP contribution in [0.15, 0.2) is 23.0 Å². The molecule has 2 rings (SSSR count). The average molecular weight is 268 g/mol. The number of benzene rings is 1. The highest BCUT2D eigenvalue weighted by Gasteiger charge is 2.30. The molecular formula is C12H10F2N2O3. The Balaban J connectivity index is 2.65. The molecule has 0 bridgehead atoms. The lowest BCUT2D eigenvalue weighted by atomic mass is 10.2. The monoisotopic (exact) mass is 268 g/mol. The van der Waals surface area contributed by atoms with Crippen molar-refractivity contribution in [2.24, 2.45) is 0 Å². The minimum absolute atomic E-state index is 0.170. The zero-order chi connectivity index (χ0) is 14.2. The molecule has 0 aliphatic heterocycles. The first-order valence-corrected chi connectivity index (χ1v) is 5.33. The van der Waals surface area contributed by atoms with E-state index in [1.165, 1.54) is 25.3 Å². The molecule has 0 amide bonds. The van der Waals surface area contributed by atoms with Gasteiger partial charge in [-0.15, -0.1) is 0 Å². The molecule has 7 heteroatoms. The summed E-state index contributed by atoms with van der Waals surface area (Å²) in [4.78, 5) is 28.7. The number of nitrogens with zero attached hydrogens (tertiary/aromatic N) is 1. The average Bonchev–Trinajstić information content (AvgIpc) is 2.35. The quantitative estimate of drug-likeness (QED) is 0.843. The maximum absolute atomic E-state index is 13.1. The van der Waals surface area contributed by atoms with E-state index < -0.39 is 23.1 Å². The minimum Gasteiger partial charge on any atom is -0.465 e. The Morgan fingerprint density at radius 3 is 2.68 bits per heavy atom. The molecular weight excluding hydrogens is 258 g/mol. The van der Waals surface area contributed by atoms with Crippen molar-refractivity contribution in [3.05, 3.63) is 39.8 Å². The Kier molecular flexibility index (Phi) is 3.05. The molecule has 0 saturated heterocycles. The summed E-state index contributed by atoms with van der Waals surface area (Å²) in [7, 11) is 1.22. The highest BCUT2D eigenvalue weighted by atomic mass is 19.3. The fourth-order valence-corrected chi connectivity index (χ4v) is 1.63. The van der Waals surface area contributed by atoms with Crippen LogP contribution in [0.25, 0.3) is 11.0 Å². The molecule has 0 radical (unpaired) electrons. The van der Waals surface area contributed by atoms with E-state index in [0.717, 1.165) is 0 Å². The summed E-state index contributed by atoms with van der Waals surface area (Å²) in [5.74, 6) is -3.92. The molecule has 1 N–H and O–H groups in total. The summed E-state index contributed by atoms with van der Waals surface area (Å²) in [5.41, 5.74) is -1.28. The third-order valence-electron chi connectivity index (χ3n) is 2.53. The van der Waals surface area contributed by atoms with Gasteiger partial charge in [0.1, 0.15) is 0 Å². The Morgan fingerprint density at radius 2 is 2.11 bits per heavy atom. The lowest BCUT2D eigenvalue weighted by Gasteiger charge is -2.09. The van der Waals surface area contributed by atoms with Crippen LogP contribution in [-0.4, -0.2) is 23.0 Å². The van der Waals surface area contributed by atoms with Crippen LogP contribution in [0.3, 0.4) is 0 Å². The van der Waals surface area contributed by atoms with Crippen molar-refractivity contribution < 1.29 is 18.3 Å². The second-order valence-electron chi connectivity index (χ2n) is 4.03. The van der Waals surface area contributed by atoms with Gasteiger partial charge in [0.2, 0.25) is 0 Å². The van der Waals surface area contributed by atoms with E-state index in [9.17, 15) is 18.4 Å². The molecule has 0 atom stereocenters. The van der Waals surface area contributed by atoms with Crippen LogP contribution in [0, 0.1) is 0 Å². The van der Waals surface area contributed by atoms with Crippen LogP contribution >= 0.6 is 0 Å². The Hall–Kier alpha value is -2.31. The van der Waals surface area contributed by atoms with Gasteiger partial charge in [0.25, 0.3) is 11.5 Å². The maximum atomic E-state index is 13.1. The normalized spacial score (nSPS) is 11.6. The fraction of sp³-hybridized carbons (Fsp3) is 0.250. The number of H-pyrrole nitrogens is 1. The number of fused-ring (bicyclic) bond motifs is 1. The topological polar surface area (TPSA) is 72.0 Å². The molecule has 2 aromatic rings. The van der Waals surface area contributed by atoms with Crippen molar-refractivity contribution >= 4 is 17.0 Å². The predicted molar refractivity (Wildman–Crippen MR) is 63.3 cm³/mol. The van der Waals surface area contributed by atoms with E-state index in [1.807, 2.05) is 0 Å². The van der Waals surface area contributed by atoms with Gasteiger partial charge in [0, 0.05) is 6.92 Å². The highest BCUT2D eigenvalue weighted by molar-refractivity contribution is 5.93. The molecule has 19 heavy (non-hydrogen) atoms. The number of rotatable bonds is 2. The molecule has 1 aromatic carbocycles. The van der Waals surface area contributed by atoms with Crippen molar-refractivity contribution in [2.45, 2.75) is 12.8 Å². The summed E-state index contributed by atoms with van der Waals surface area (Å²) in [6, 6.07) is 4.08. The Bertz CT molecular complexity index is 704. The first-order valence-electron chi connectivity index (χ1n) is 5.33. The number of ether oxygens (including phenoxy) is 1. The summed E-state index contributed by atoms with van der Waals surface area (Å²) < 4.78 is 30.8. The van der Waals surface area contributed by atoms with Gasteiger partial charge < -0.3 is 9.72 Å². The smallest absolute Gasteiger partial charge is 0.337 e. The van der Waals surface area contributed by atoms with Crippen LogP contribution in [0.5, 0.6) is 0 Å². The van der Waals surface area contributed by atoms with Crippen LogP contribution in [0.4, 0.5) is 8.78 Å². The highest BCUT2D eigenvalue weighted by Crippen LogP contribution is 2.23. The van der Waals surface area contributed by atoms with Crippen molar-refractivity contribution in [3.63, 3.8) is 0 Å². The summed E-state index contributed by atoms with van der Waals surface area (Å²) in [6.07, 6.45) is 0. The maximum Gasteiger partial charge on any atom is 0.337 e. The minimum atomic E-state index is -3.33. The van der Waals surface area contributed by atoms with E-state index in [-0.39, 0.29) is 16.6 Å². The Labute approximate surface area is 106 Å². The number of carbonyl (C=O) groups excluding carboxylic acids is 1. The third-order valence-corrected chi connectivity index (χ3v) is 2.53. The van der Waals surface area contributed by atoms with E-state index in [4.69, 9.17) is 0 Å². The molecule has 0 spiro atoms. The zero-order valence-corrected chi connectivity index (χ0v) is 10.2. The molecule has 1 aromatic heterocycles. The van der Waals surface area contributed by atoms with Gasteiger partial charge in [-0.25, -0.2) is 9.78 Å². The first-order chi connectivity index (χ1) is 8.82. The van der Waals surface area contributed by atoms with Gasteiger partial charge in [-0.05, 0) is 18.2 Å². The molecule has 0 aliphatic carbocycles. The van der Waals surface area contributed by atoms with Crippen molar-refractivity contribution in [3.8, 4) is 0 Å². The lowest BCUT2D eigenvalue weighted by Crippen LogP contribution is -2.24. The number of esters is 1. The second kappa shape index (κ2) is 4.42. The fourth-order valence-electron chi connectivity index (χ4n) is 1.63. The number of alkyl halides is 2. The lowest BCUT2D eigenvalue weighted by molar-refractivity contribution is 0.0115. The first kappa shape index (κ1) is 13.1. The summed E-state index contributed by atoms with van der Waals surface area (Å²) >= 11 is 0. The van der Waals surface area contributed by atoms with E-state index in [0.29, 0.717) is 6.92 Å².